The summed E-state index contributed by atoms with van der Waals surface area (Å²) in [6.45, 7) is 3.70. The van der Waals surface area contributed by atoms with Crippen molar-refractivity contribution in [1.82, 2.24) is 14.1 Å². The van der Waals surface area contributed by atoms with E-state index in [9.17, 15) is 21.6 Å². The molecule has 3 rings (SSSR count). The number of benzene rings is 1. The molecule has 2 aromatic heterocycles. The van der Waals surface area contributed by atoms with Gasteiger partial charge in [-0.2, -0.15) is 13.2 Å². The van der Waals surface area contributed by atoms with Crippen LogP contribution in [-0.2, 0) is 22.6 Å². The smallest absolute Gasteiger partial charge is 0.417 e. The number of alkyl halides is 3. The normalized spacial score (nSPS) is 12.5. The number of nitrogens with zero attached hydrogens (tertiary/aromatic N) is 2. The summed E-state index contributed by atoms with van der Waals surface area (Å²) in [5.74, 6) is 0.244. The van der Waals surface area contributed by atoms with E-state index in [0.29, 0.717) is 11.3 Å². The van der Waals surface area contributed by atoms with Crippen LogP contribution in [0.3, 0.4) is 0 Å². The Balaban J connectivity index is 1.75. The van der Waals surface area contributed by atoms with Crippen LogP contribution in [0.5, 0.6) is 5.75 Å². The lowest BCUT2D eigenvalue weighted by molar-refractivity contribution is -0.137. The quantitative estimate of drug-likeness (QED) is 0.654. The third-order valence-electron chi connectivity index (χ3n) is 4.57. The van der Waals surface area contributed by atoms with Crippen LogP contribution >= 0.6 is 0 Å². The first-order valence-corrected chi connectivity index (χ1v) is 10.2. The first-order chi connectivity index (χ1) is 13.5. The van der Waals surface area contributed by atoms with Gasteiger partial charge in [0.2, 0.25) is 10.0 Å². The van der Waals surface area contributed by atoms with Crippen molar-refractivity contribution in [3.8, 4) is 5.75 Å². The van der Waals surface area contributed by atoms with E-state index in [-0.39, 0.29) is 23.6 Å². The van der Waals surface area contributed by atoms with E-state index in [1.165, 1.54) is 23.8 Å². The number of halogens is 3. The Morgan fingerprint density at radius 1 is 1.14 bits per heavy atom. The van der Waals surface area contributed by atoms with Crippen molar-refractivity contribution in [2.75, 3.05) is 13.7 Å². The molecule has 0 unspecified atom stereocenters. The second-order valence-electron chi connectivity index (χ2n) is 6.65. The zero-order valence-corrected chi connectivity index (χ0v) is 16.9. The van der Waals surface area contributed by atoms with Gasteiger partial charge in [-0.25, -0.2) is 18.1 Å². The van der Waals surface area contributed by atoms with Crippen LogP contribution in [0.2, 0.25) is 0 Å². The fraction of sp³-hybridized carbons (Fsp3) is 0.316. The molecule has 0 amide bonds. The van der Waals surface area contributed by atoms with Crippen molar-refractivity contribution >= 4 is 15.7 Å². The summed E-state index contributed by atoms with van der Waals surface area (Å²) >= 11 is 0. The number of methoxy groups -OCH3 is 1. The largest absolute Gasteiger partial charge is 0.495 e. The van der Waals surface area contributed by atoms with Crippen LogP contribution in [0, 0.1) is 13.8 Å². The van der Waals surface area contributed by atoms with E-state index in [4.69, 9.17) is 4.74 Å². The van der Waals surface area contributed by atoms with Crippen LogP contribution < -0.4 is 9.46 Å². The van der Waals surface area contributed by atoms with Crippen LogP contribution in [-0.4, -0.2) is 31.5 Å². The standard InChI is InChI=1S/C19H20F3N3O3S/c1-12-8-16(28-3)17(9-13(12)2)29(26,27)23-7-6-15-11-25-10-14(19(20,21)22)4-5-18(25)24-15/h4-5,8-11,23H,6-7H2,1-3H3. The Morgan fingerprint density at radius 2 is 1.83 bits per heavy atom. The molecular weight excluding hydrogens is 407 g/mol. The topological polar surface area (TPSA) is 72.7 Å². The van der Waals surface area contributed by atoms with Gasteiger partial charge in [0.25, 0.3) is 0 Å². The molecule has 10 heteroatoms. The molecule has 1 N–H and O–H groups in total. The minimum atomic E-state index is -4.44. The van der Waals surface area contributed by atoms with Gasteiger partial charge in [0.05, 0.1) is 18.4 Å². The number of pyridine rings is 1. The average molecular weight is 427 g/mol. The van der Waals surface area contributed by atoms with Gasteiger partial charge in [0.1, 0.15) is 16.3 Å². The van der Waals surface area contributed by atoms with Gasteiger partial charge in [0.15, 0.2) is 0 Å². The molecule has 3 aromatic rings. The Hall–Kier alpha value is -2.59. The number of aryl methyl sites for hydroxylation is 2. The van der Waals surface area contributed by atoms with Crippen LogP contribution in [0.25, 0.3) is 5.65 Å². The molecule has 0 aliphatic carbocycles. The Kier molecular flexibility index (Phi) is 5.59. The van der Waals surface area contributed by atoms with Crippen LogP contribution in [0.1, 0.15) is 22.4 Å². The highest BCUT2D eigenvalue weighted by Crippen LogP contribution is 2.29. The van der Waals surface area contributed by atoms with Crippen LogP contribution in [0.15, 0.2) is 41.6 Å². The van der Waals surface area contributed by atoms with E-state index < -0.39 is 21.8 Å². The third kappa shape index (κ3) is 4.54. The number of hydrogen-bond donors (Lipinski definition) is 1. The molecule has 0 saturated carbocycles. The van der Waals surface area contributed by atoms with Gasteiger partial charge in [-0.05, 0) is 49.2 Å². The first kappa shape index (κ1) is 21.1. The highest BCUT2D eigenvalue weighted by Gasteiger charge is 2.30. The lowest BCUT2D eigenvalue weighted by atomic mass is 10.1. The first-order valence-electron chi connectivity index (χ1n) is 8.71. The van der Waals surface area contributed by atoms with Crippen molar-refractivity contribution in [3.63, 3.8) is 0 Å². The summed E-state index contributed by atoms with van der Waals surface area (Å²) in [6, 6.07) is 5.43. The Labute approximate surface area is 166 Å². The second kappa shape index (κ2) is 7.68. The molecule has 0 radical (unpaired) electrons. The molecule has 0 aliphatic rings. The number of hydrogen-bond acceptors (Lipinski definition) is 4. The minimum absolute atomic E-state index is 0.0351. The lowest BCUT2D eigenvalue weighted by Crippen LogP contribution is -2.26. The molecule has 1 aromatic carbocycles. The average Bonchev–Trinajstić information content (AvgIpc) is 3.04. The van der Waals surface area contributed by atoms with E-state index in [1.807, 2.05) is 6.92 Å². The zero-order valence-electron chi connectivity index (χ0n) is 16.0. The van der Waals surface area contributed by atoms with E-state index in [2.05, 4.69) is 9.71 Å². The van der Waals surface area contributed by atoms with Gasteiger partial charge >= 0.3 is 6.18 Å². The molecule has 6 nitrogen and oxygen atoms in total. The van der Waals surface area contributed by atoms with Gasteiger partial charge in [-0.1, -0.05) is 0 Å². The van der Waals surface area contributed by atoms with E-state index in [1.54, 1.807) is 19.1 Å². The number of fused-ring (bicyclic) bond motifs is 1. The van der Waals surface area contributed by atoms with Crippen LogP contribution in [0.4, 0.5) is 13.2 Å². The van der Waals surface area contributed by atoms with Gasteiger partial charge in [-0.3, -0.25) is 0 Å². The van der Waals surface area contributed by atoms with Crippen molar-refractivity contribution in [2.45, 2.75) is 31.3 Å². The minimum Gasteiger partial charge on any atom is -0.495 e. The summed E-state index contributed by atoms with van der Waals surface area (Å²) in [4.78, 5) is 4.26. The van der Waals surface area contributed by atoms with Gasteiger partial charge in [0, 0.05) is 25.4 Å². The number of imidazole rings is 1. The second-order valence-corrected chi connectivity index (χ2v) is 8.38. The van der Waals surface area contributed by atoms with Crippen molar-refractivity contribution in [2.24, 2.45) is 0 Å². The highest BCUT2D eigenvalue weighted by molar-refractivity contribution is 7.89. The number of nitrogens with one attached hydrogen (secondary N) is 1. The maximum atomic E-state index is 12.8. The van der Waals surface area contributed by atoms with Gasteiger partial charge in [-0.15, -0.1) is 0 Å². The van der Waals surface area contributed by atoms with E-state index in [0.717, 1.165) is 23.4 Å². The summed E-state index contributed by atoms with van der Waals surface area (Å²) in [5.41, 5.74) is 1.76. The summed E-state index contributed by atoms with van der Waals surface area (Å²) in [6.07, 6.45) is -1.82. The van der Waals surface area contributed by atoms with Crippen molar-refractivity contribution < 1.29 is 26.3 Å². The molecule has 0 bridgehead atoms. The number of rotatable bonds is 6. The SMILES string of the molecule is COc1cc(C)c(C)cc1S(=O)(=O)NCCc1cn2cc(C(F)(F)F)ccc2n1. The Bertz CT molecular complexity index is 1150. The predicted molar refractivity (Wildman–Crippen MR) is 102 cm³/mol. The maximum Gasteiger partial charge on any atom is 0.417 e. The zero-order chi connectivity index (χ0) is 21.4. The summed E-state index contributed by atoms with van der Waals surface area (Å²) in [7, 11) is -2.43. The number of sulfonamides is 1. The molecule has 0 aliphatic heterocycles. The third-order valence-corrected chi connectivity index (χ3v) is 6.05. The molecule has 0 spiro atoms. The molecule has 0 saturated heterocycles. The van der Waals surface area contributed by atoms with Crippen molar-refractivity contribution in [3.05, 3.63) is 59.0 Å². The highest BCUT2D eigenvalue weighted by atomic mass is 32.2. The van der Waals surface area contributed by atoms with Crippen molar-refractivity contribution in [1.29, 1.82) is 0 Å². The fourth-order valence-electron chi connectivity index (χ4n) is 2.86. The number of ether oxygens (including phenoxy) is 1. The molecule has 156 valence electrons. The Morgan fingerprint density at radius 3 is 2.48 bits per heavy atom. The molecule has 0 atom stereocenters. The lowest BCUT2D eigenvalue weighted by Gasteiger charge is -2.13. The van der Waals surface area contributed by atoms with Gasteiger partial charge < -0.3 is 9.14 Å². The number of aromatic nitrogens is 2. The maximum absolute atomic E-state index is 12.8. The summed E-state index contributed by atoms with van der Waals surface area (Å²) in [5, 5.41) is 0. The molecule has 0 fully saturated rings. The van der Waals surface area contributed by atoms with E-state index >= 15 is 0 Å². The predicted octanol–water partition coefficient (Wildman–Crippen LogP) is 3.50. The molecular formula is C19H20F3N3O3S. The monoisotopic (exact) mass is 427 g/mol. The molecule has 2 heterocycles. The summed E-state index contributed by atoms with van der Waals surface area (Å²) < 4.78 is 72.7. The molecule has 29 heavy (non-hydrogen) atoms. The fourth-order valence-corrected chi connectivity index (χ4v) is 4.12.